The fourth-order valence-corrected chi connectivity index (χ4v) is 1.30. The number of para-hydroxylation sites is 1. The summed E-state index contributed by atoms with van der Waals surface area (Å²) in [7, 11) is 0. The fourth-order valence-electron chi connectivity index (χ4n) is 1.30. The first kappa shape index (κ1) is 10.3. The third-order valence-corrected chi connectivity index (χ3v) is 2.10. The van der Waals surface area contributed by atoms with E-state index in [1.165, 1.54) is 6.07 Å². The van der Waals surface area contributed by atoms with E-state index in [9.17, 15) is 4.39 Å². The average molecular weight is 210 g/mol. The molecule has 15 heavy (non-hydrogen) atoms. The molecule has 3 heteroatoms. The summed E-state index contributed by atoms with van der Waals surface area (Å²) in [5.74, 6) is 0.396. The topological polar surface area (TPSA) is 18.5 Å². The van der Waals surface area contributed by atoms with Crippen LogP contribution in [0.3, 0.4) is 0 Å². The minimum absolute atomic E-state index is 0.0524. The highest BCUT2D eigenvalue weighted by Gasteiger charge is 2.25. The van der Waals surface area contributed by atoms with E-state index in [4.69, 9.17) is 9.47 Å². The lowest BCUT2D eigenvalue weighted by molar-refractivity contribution is 0.207. The van der Waals surface area contributed by atoms with Crippen molar-refractivity contribution in [2.45, 2.75) is 38.9 Å². The summed E-state index contributed by atoms with van der Waals surface area (Å²) >= 11 is 0. The summed E-state index contributed by atoms with van der Waals surface area (Å²) in [6, 6.07) is 4.77. The van der Waals surface area contributed by atoms with E-state index < -0.39 is 0 Å². The summed E-state index contributed by atoms with van der Waals surface area (Å²) in [5.41, 5.74) is 0. The van der Waals surface area contributed by atoms with Crippen LogP contribution in [-0.4, -0.2) is 12.2 Å². The van der Waals surface area contributed by atoms with Crippen LogP contribution in [0.2, 0.25) is 0 Å². The molecule has 0 N–H and O–H groups in total. The van der Waals surface area contributed by atoms with Crippen molar-refractivity contribution in [1.82, 2.24) is 0 Å². The molecule has 0 atom stereocenters. The standard InChI is InChI=1S/C12H15FO2/c1-8(2)14-12-10(13)4-3-5-11(12)15-9-6-7-9/h3-5,8-9H,6-7H2,1-2H3. The zero-order valence-electron chi connectivity index (χ0n) is 9.00. The predicted molar refractivity (Wildman–Crippen MR) is 55.8 cm³/mol. The Hall–Kier alpha value is -1.25. The van der Waals surface area contributed by atoms with Crippen molar-refractivity contribution >= 4 is 0 Å². The number of rotatable bonds is 4. The molecule has 0 amide bonds. The van der Waals surface area contributed by atoms with Gasteiger partial charge in [0.15, 0.2) is 17.3 Å². The normalized spacial score (nSPS) is 15.5. The monoisotopic (exact) mass is 210 g/mol. The van der Waals surface area contributed by atoms with Gasteiger partial charge < -0.3 is 9.47 Å². The van der Waals surface area contributed by atoms with Gasteiger partial charge in [0.25, 0.3) is 0 Å². The van der Waals surface area contributed by atoms with Crippen LogP contribution in [0.25, 0.3) is 0 Å². The largest absolute Gasteiger partial charge is 0.486 e. The Labute approximate surface area is 89.0 Å². The molecule has 0 heterocycles. The highest BCUT2D eigenvalue weighted by molar-refractivity contribution is 5.41. The molecule has 1 aliphatic carbocycles. The lowest BCUT2D eigenvalue weighted by Gasteiger charge is -2.15. The summed E-state index contributed by atoms with van der Waals surface area (Å²) in [4.78, 5) is 0. The lowest BCUT2D eigenvalue weighted by atomic mass is 10.3. The quantitative estimate of drug-likeness (QED) is 0.760. The van der Waals surface area contributed by atoms with Crippen LogP contribution in [0.5, 0.6) is 11.5 Å². The first-order chi connectivity index (χ1) is 7.16. The molecule has 0 aliphatic heterocycles. The van der Waals surface area contributed by atoms with Crippen molar-refractivity contribution in [2.24, 2.45) is 0 Å². The maximum absolute atomic E-state index is 13.5. The van der Waals surface area contributed by atoms with Gasteiger partial charge in [-0.1, -0.05) is 6.07 Å². The molecular weight excluding hydrogens is 195 g/mol. The smallest absolute Gasteiger partial charge is 0.197 e. The van der Waals surface area contributed by atoms with Crippen molar-refractivity contribution < 1.29 is 13.9 Å². The third-order valence-electron chi connectivity index (χ3n) is 2.10. The maximum Gasteiger partial charge on any atom is 0.197 e. The van der Waals surface area contributed by atoms with Gasteiger partial charge in [-0.05, 0) is 38.8 Å². The Morgan fingerprint density at radius 1 is 1.33 bits per heavy atom. The van der Waals surface area contributed by atoms with Gasteiger partial charge in [-0.3, -0.25) is 0 Å². The number of hydrogen-bond donors (Lipinski definition) is 0. The summed E-state index contributed by atoms with van der Waals surface area (Å²) < 4.78 is 24.5. The van der Waals surface area contributed by atoms with Gasteiger partial charge in [0, 0.05) is 0 Å². The predicted octanol–water partition coefficient (Wildman–Crippen LogP) is 3.15. The molecule has 0 spiro atoms. The van der Waals surface area contributed by atoms with Gasteiger partial charge in [0.2, 0.25) is 0 Å². The fraction of sp³-hybridized carbons (Fsp3) is 0.500. The molecule has 2 rings (SSSR count). The number of halogens is 1. The van der Waals surface area contributed by atoms with Crippen LogP contribution >= 0.6 is 0 Å². The van der Waals surface area contributed by atoms with E-state index >= 15 is 0 Å². The Morgan fingerprint density at radius 2 is 2.07 bits per heavy atom. The molecule has 0 aromatic heterocycles. The molecule has 82 valence electrons. The minimum Gasteiger partial charge on any atom is -0.486 e. The van der Waals surface area contributed by atoms with Crippen LogP contribution < -0.4 is 9.47 Å². The average Bonchev–Trinajstić information content (AvgIpc) is 2.94. The van der Waals surface area contributed by atoms with Crippen molar-refractivity contribution in [2.75, 3.05) is 0 Å². The van der Waals surface area contributed by atoms with Crippen molar-refractivity contribution in [3.63, 3.8) is 0 Å². The zero-order valence-corrected chi connectivity index (χ0v) is 9.00. The Kier molecular flexibility index (Phi) is 2.80. The minimum atomic E-state index is -0.359. The third kappa shape index (κ3) is 2.61. The molecule has 0 saturated heterocycles. The first-order valence-corrected chi connectivity index (χ1v) is 5.28. The van der Waals surface area contributed by atoms with Gasteiger partial charge in [0.05, 0.1) is 12.2 Å². The second kappa shape index (κ2) is 4.09. The highest BCUT2D eigenvalue weighted by atomic mass is 19.1. The van der Waals surface area contributed by atoms with Gasteiger partial charge in [-0.25, -0.2) is 4.39 Å². The van der Waals surface area contributed by atoms with Crippen molar-refractivity contribution in [3.8, 4) is 11.5 Å². The van der Waals surface area contributed by atoms with Crippen LogP contribution in [0.4, 0.5) is 4.39 Å². The maximum atomic E-state index is 13.5. The van der Waals surface area contributed by atoms with Gasteiger partial charge >= 0.3 is 0 Å². The van der Waals surface area contributed by atoms with E-state index in [0.717, 1.165) is 12.8 Å². The SMILES string of the molecule is CC(C)Oc1c(F)cccc1OC1CC1. The molecule has 2 nitrogen and oxygen atoms in total. The molecule has 1 fully saturated rings. The van der Waals surface area contributed by atoms with Crippen LogP contribution in [0.15, 0.2) is 18.2 Å². The van der Waals surface area contributed by atoms with Gasteiger partial charge in [-0.15, -0.1) is 0 Å². The summed E-state index contributed by atoms with van der Waals surface area (Å²) in [6.45, 7) is 3.74. The molecule has 1 saturated carbocycles. The number of hydrogen-bond acceptors (Lipinski definition) is 2. The molecule has 0 unspecified atom stereocenters. The first-order valence-electron chi connectivity index (χ1n) is 5.28. The van der Waals surface area contributed by atoms with Crippen molar-refractivity contribution in [1.29, 1.82) is 0 Å². The summed E-state index contributed by atoms with van der Waals surface area (Å²) in [6.07, 6.45) is 2.31. The van der Waals surface area contributed by atoms with Gasteiger partial charge in [-0.2, -0.15) is 0 Å². The molecule has 1 aliphatic rings. The molecule has 0 radical (unpaired) electrons. The number of ether oxygens (including phenoxy) is 2. The Bertz CT molecular complexity index is 345. The van der Waals surface area contributed by atoms with Crippen molar-refractivity contribution in [3.05, 3.63) is 24.0 Å². The highest BCUT2D eigenvalue weighted by Crippen LogP contribution is 2.35. The van der Waals surface area contributed by atoms with Crippen LogP contribution in [0.1, 0.15) is 26.7 Å². The number of benzene rings is 1. The zero-order chi connectivity index (χ0) is 10.8. The van der Waals surface area contributed by atoms with E-state index in [1.807, 2.05) is 13.8 Å². The van der Waals surface area contributed by atoms with Crippen LogP contribution in [-0.2, 0) is 0 Å². The van der Waals surface area contributed by atoms with E-state index in [-0.39, 0.29) is 23.8 Å². The lowest BCUT2D eigenvalue weighted by Crippen LogP contribution is -2.09. The van der Waals surface area contributed by atoms with E-state index in [1.54, 1.807) is 12.1 Å². The van der Waals surface area contributed by atoms with Crippen LogP contribution in [0, 0.1) is 5.82 Å². The molecule has 1 aromatic carbocycles. The van der Waals surface area contributed by atoms with E-state index in [0.29, 0.717) is 5.75 Å². The van der Waals surface area contributed by atoms with Gasteiger partial charge in [0.1, 0.15) is 0 Å². The Balaban J connectivity index is 2.21. The van der Waals surface area contributed by atoms with E-state index in [2.05, 4.69) is 0 Å². The Morgan fingerprint density at radius 3 is 2.67 bits per heavy atom. The molecule has 0 bridgehead atoms. The second-order valence-corrected chi connectivity index (χ2v) is 4.05. The molecule has 1 aromatic rings. The molecular formula is C12H15FO2. The second-order valence-electron chi connectivity index (χ2n) is 4.05. The summed E-state index contributed by atoms with van der Waals surface area (Å²) in [5, 5.41) is 0.